The summed E-state index contributed by atoms with van der Waals surface area (Å²) in [5.74, 6) is 0. The highest BCUT2D eigenvalue weighted by atomic mass is 31.2. The van der Waals surface area contributed by atoms with Crippen LogP contribution in [0.25, 0.3) is 0 Å². The molecule has 0 aliphatic carbocycles. The van der Waals surface area contributed by atoms with Crippen molar-refractivity contribution in [3.8, 4) is 0 Å². The minimum Gasteiger partial charge on any atom is -0.381 e. The van der Waals surface area contributed by atoms with Crippen LogP contribution >= 0.6 is 8.53 Å². The third kappa shape index (κ3) is 19.0. The minimum absolute atomic E-state index is 0.293. The second kappa shape index (κ2) is 25.1. The van der Waals surface area contributed by atoms with Crippen LogP contribution in [0, 0.1) is 5.41 Å². The molecule has 224 valence electrons. The molecule has 0 aliphatic rings. The van der Waals surface area contributed by atoms with E-state index in [0.29, 0.717) is 51.7 Å². The lowest BCUT2D eigenvalue weighted by atomic mass is 9.92. The van der Waals surface area contributed by atoms with Crippen molar-refractivity contribution in [2.45, 2.75) is 119 Å². The molecule has 0 rings (SSSR count). The lowest BCUT2D eigenvalue weighted by Gasteiger charge is -2.35. The fraction of sp³-hybridized carbons (Fsp3) is 1.00. The highest BCUT2D eigenvalue weighted by Crippen LogP contribution is 2.46. The van der Waals surface area contributed by atoms with E-state index in [1.807, 2.05) is 0 Å². The van der Waals surface area contributed by atoms with Crippen LogP contribution in [-0.4, -0.2) is 82.8 Å². The number of hydrogen-bond donors (Lipinski definition) is 0. The van der Waals surface area contributed by atoms with Crippen molar-refractivity contribution in [3.05, 3.63) is 0 Å². The Morgan fingerprint density at radius 2 is 0.892 bits per heavy atom. The second-order valence-corrected chi connectivity index (χ2v) is 12.1. The highest BCUT2D eigenvalue weighted by Gasteiger charge is 2.32. The molecule has 1 unspecified atom stereocenters. The summed E-state index contributed by atoms with van der Waals surface area (Å²) in [6, 6.07) is 0.737. The van der Waals surface area contributed by atoms with Gasteiger partial charge in [0.1, 0.15) is 0 Å². The minimum atomic E-state index is -1.07. The van der Waals surface area contributed by atoms with Gasteiger partial charge in [-0.3, -0.25) is 0 Å². The van der Waals surface area contributed by atoms with Gasteiger partial charge < -0.3 is 28.0 Å². The van der Waals surface area contributed by atoms with Gasteiger partial charge in [-0.1, -0.05) is 47.0 Å². The molecule has 8 heteroatoms. The van der Waals surface area contributed by atoms with E-state index in [1.165, 1.54) is 0 Å². The molecule has 0 amide bonds. The summed E-state index contributed by atoms with van der Waals surface area (Å²) in [7, 11) is -1.07. The van der Waals surface area contributed by atoms with Crippen LogP contribution in [0.15, 0.2) is 0 Å². The van der Waals surface area contributed by atoms with E-state index in [4.69, 9.17) is 28.0 Å². The molecule has 0 saturated heterocycles. The van der Waals surface area contributed by atoms with Gasteiger partial charge >= 0.3 is 0 Å². The van der Waals surface area contributed by atoms with E-state index in [-0.39, 0.29) is 5.41 Å². The van der Waals surface area contributed by atoms with Crippen molar-refractivity contribution in [1.82, 2.24) is 4.67 Å². The molecule has 0 bridgehead atoms. The molecule has 0 aromatic heterocycles. The summed E-state index contributed by atoms with van der Waals surface area (Å²) in [6.07, 6.45) is 8.37. The molecule has 0 radical (unpaired) electrons. The van der Waals surface area contributed by atoms with Gasteiger partial charge in [-0.25, -0.2) is 4.67 Å². The Morgan fingerprint density at radius 3 is 1.24 bits per heavy atom. The molecule has 0 aromatic carbocycles. The highest BCUT2D eigenvalue weighted by molar-refractivity contribution is 7.44. The number of hydrogen-bond acceptors (Lipinski definition) is 7. The fourth-order valence-corrected chi connectivity index (χ4v) is 5.48. The van der Waals surface area contributed by atoms with Gasteiger partial charge in [0.2, 0.25) is 0 Å². The molecule has 37 heavy (non-hydrogen) atoms. The van der Waals surface area contributed by atoms with Crippen LogP contribution in [0.5, 0.6) is 0 Å². The molecule has 0 N–H and O–H groups in total. The zero-order valence-corrected chi connectivity index (χ0v) is 26.6. The normalized spacial score (nSPS) is 13.4. The fourth-order valence-electron chi connectivity index (χ4n) is 3.76. The van der Waals surface area contributed by atoms with Crippen LogP contribution in [0.1, 0.15) is 107 Å². The lowest BCUT2D eigenvalue weighted by Crippen LogP contribution is -2.42. The largest absolute Gasteiger partial charge is 0.381 e. The molecule has 0 fully saturated rings. The van der Waals surface area contributed by atoms with E-state index < -0.39 is 8.53 Å². The zero-order chi connectivity index (χ0) is 27.8. The van der Waals surface area contributed by atoms with Crippen molar-refractivity contribution < 1.29 is 28.0 Å². The van der Waals surface area contributed by atoms with Gasteiger partial charge in [0, 0.05) is 38.5 Å². The van der Waals surface area contributed by atoms with Gasteiger partial charge in [-0.15, -0.1) is 0 Å². The van der Waals surface area contributed by atoms with Crippen LogP contribution in [0.2, 0.25) is 0 Å². The van der Waals surface area contributed by atoms with Crippen molar-refractivity contribution in [2.24, 2.45) is 5.41 Å². The Morgan fingerprint density at radius 1 is 0.514 bits per heavy atom. The average molecular weight is 552 g/mol. The lowest BCUT2D eigenvalue weighted by molar-refractivity contribution is -0.108. The van der Waals surface area contributed by atoms with Crippen molar-refractivity contribution in [3.63, 3.8) is 0 Å². The van der Waals surface area contributed by atoms with Crippen LogP contribution in [0.3, 0.4) is 0 Å². The molecule has 0 aliphatic heterocycles. The van der Waals surface area contributed by atoms with Gasteiger partial charge in [0.05, 0.1) is 45.1 Å². The summed E-state index contributed by atoms with van der Waals surface area (Å²) in [6.45, 7) is 24.1. The third-order valence-electron chi connectivity index (χ3n) is 5.85. The molecule has 1 atom stereocenters. The van der Waals surface area contributed by atoms with Crippen molar-refractivity contribution in [1.29, 1.82) is 0 Å². The zero-order valence-electron chi connectivity index (χ0n) is 25.7. The van der Waals surface area contributed by atoms with E-state index in [9.17, 15) is 0 Å². The number of unbranched alkanes of at least 4 members (excludes halogenated alkanes) is 3. The maximum absolute atomic E-state index is 6.25. The van der Waals surface area contributed by atoms with E-state index in [0.717, 1.165) is 77.8 Å². The maximum Gasteiger partial charge on any atom is 0.259 e. The van der Waals surface area contributed by atoms with Gasteiger partial charge in [0.25, 0.3) is 8.53 Å². The smallest absolute Gasteiger partial charge is 0.259 e. The molecular weight excluding hydrogens is 489 g/mol. The quantitative estimate of drug-likeness (QED) is 0.0732. The Hall–Kier alpha value is 0.150. The number of ether oxygens (including phenoxy) is 4. The third-order valence-corrected chi connectivity index (χ3v) is 7.95. The van der Waals surface area contributed by atoms with Gasteiger partial charge in [-0.05, 0) is 59.8 Å². The maximum atomic E-state index is 6.25. The molecular formula is C29H62NO6P. The summed E-state index contributed by atoms with van der Waals surface area (Å²) < 4.78 is 39.2. The molecule has 0 spiro atoms. The number of nitrogens with zero attached hydrogens (tertiary/aromatic N) is 1. The topological polar surface area (TPSA) is 58.6 Å². The summed E-state index contributed by atoms with van der Waals surface area (Å²) in [5, 5.41) is 0. The van der Waals surface area contributed by atoms with E-state index >= 15 is 0 Å². The van der Waals surface area contributed by atoms with Crippen molar-refractivity contribution in [2.75, 3.05) is 66.1 Å². The molecule has 0 saturated carbocycles. The van der Waals surface area contributed by atoms with Crippen LogP contribution in [-0.2, 0) is 28.0 Å². The monoisotopic (exact) mass is 551 g/mol. The summed E-state index contributed by atoms with van der Waals surface area (Å²) >= 11 is 0. The van der Waals surface area contributed by atoms with Gasteiger partial charge in [-0.2, -0.15) is 0 Å². The Kier molecular flexibility index (Phi) is 25.2. The number of rotatable bonds is 28. The SMILES string of the molecule is CCCCOCC(COCCCC)(COCCCC)COCCCOP(OCCC)N(C(C)C)C(C)C. The first-order valence-electron chi connectivity index (χ1n) is 15.0. The Balaban J connectivity index is 4.94. The van der Waals surface area contributed by atoms with Crippen LogP contribution in [0.4, 0.5) is 0 Å². The molecule has 0 heterocycles. The Labute approximate surface area is 231 Å². The first-order chi connectivity index (χ1) is 17.9. The predicted molar refractivity (Wildman–Crippen MR) is 156 cm³/mol. The van der Waals surface area contributed by atoms with E-state index in [1.54, 1.807) is 0 Å². The second-order valence-electron chi connectivity index (χ2n) is 10.6. The van der Waals surface area contributed by atoms with Crippen LogP contribution < -0.4 is 0 Å². The average Bonchev–Trinajstić information content (AvgIpc) is 2.86. The Bertz CT molecular complexity index is 444. The van der Waals surface area contributed by atoms with Gasteiger partial charge in [0.15, 0.2) is 0 Å². The molecule has 0 aromatic rings. The van der Waals surface area contributed by atoms with E-state index in [2.05, 4.69) is 60.1 Å². The predicted octanol–water partition coefficient (Wildman–Crippen LogP) is 7.62. The first kappa shape index (κ1) is 37.1. The van der Waals surface area contributed by atoms with Crippen molar-refractivity contribution >= 4 is 8.53 Å². The first-order valence-corrected chi connectivity index (χ1v) is 16.2. The standard InChI is InChI=1S/C29H62NO6P/c1-9-13-18-31-23-29(24-32-19-14-10-2,25-33-20-15-11-3)26-34-21-16-22-36-37(35-17-12-4)30(27(5)6)28(7)8/h27-28H,9-26H2,1-8H3. The summed E-state index contributed by atoms with van der Waals surface area (Å²) in [4.78, 5) is 0. The molecule has 7 nitrogen and oxygen atoms in total. The summed E-state index contributed by atoms with van der Waals surface area (Å²) in [5.41, 5.74) is -0.293.